The minimum atomic E-state index is 0.567. The van der Waals surface area contributed by atoms with Crippen molar-refractivity contribution >= 4 is 0 Å². The first-order chi connectivity index (χ1) is 12.3. The predicted octanol–water partition coefficient (Wildman–Crippen LogP) is 3.36. The van der Waals surface area contributed by atoms with Gasteiger partial charge < -0.3 is 4.42 Å². The fourth-order valence-electron chi connectivity index (χ4n) is 3.41. The lowest BCUT2D eigenvalue weighted by atomic mass is 10.1. The van der Waals surface area contributed by atoms with Crippen LogP contribution in [0, 0.1) is 0 Å². The van der Waals surface area contributed by atoms with E-state index in [0.717, 1.165) is 30.6 Å². The summed E-state index contributed by atoms with van der Waals surface area (Å²) in [6.45, 7) is 1.40. The van der Waals surface area contributed by atoms with Gasteiger partial charge in [-0.25, -0.2) is 0 Å². The predicted molar refractivity (Wildman–Crippen MR) is 94.8 cm³/mol. The molecule has 0 amide bonds. The molecule has 1 aromatic carbocycles. The standard InChI is InChI=1S/C19H23N5O/c1-24(12-17-15-10-6-3-7-11-16(15)20-21-17)13-18-22-23-19(25-18)14-8-4-2-5-9-14/h2,4-5,8-9H,3,6-7,10-13H2,1H3,(H,20,21). The molecule has 2 heterocycles. The highest BCUT2D eigenvalue weighted by Crippen LogP contribution is 2.23. The van der Waals surface area contributed by atoms with Crippen LogP contribution in [0.4, 0.5) is 0 Å². The molecule has 0 radical (unpaired) electrons. The van der Waals surface area contributed by atoms with E-state index in [4.69, 9.17) is 4.42 Å². The molecule has 3 aromatic rings. The normalized spacial score (nSPS) is 14.5. The van der Waals surface area contributed by atoms with E-state index in [1.807, 2.05) is 30.3 Å². The molecular formula is C19H23N5O. The van der Waals surface area contributed by atoms with Crippen LogP contribution in [0.2, 0.25) is 0 Å². The third-order valence-corrected chi connectivity index (χ3v) is 4.70. The number of nitrogens with one attached hydrogen (secondary N) is 1. The lowest BCUT2D eigenvalue weighted by Gasteiger charge is -2.13. The number of hydrogen-bond acceptors (Lipinski definition) is 5. The number of nitrogens with zero attached hydrogens (tertiary/aromatic N) is 4. The first-order valence-electron chi connectivity index (χ1n) is 8.91. The minimum absolute atomic E-state index is 0.567. The number of aromatic nitrogens is 4. The highest BCUT2D eigenvalue weighted by atomic mass is 16.4. The molecule has 25 heavy (non-hydrogen) atoms. The molecular weight excluding hydrogens is 314 g/mol. The van der Waals surface area contributed by atoms with Gasteiger partial charge in [-0.1, -0.05) is 24.6 Å². The second kappa shape index (κ2) is 7.19. The molecule has 6 heteroatoms. The van der Waals surface area contributed by atoms with Crippen LogP contribution < -0.4 is 0 Å². The van der Waals surface area contributed by atoms with Crippen molar-refractivity contribution in [2.24, 2.45) is 0 Å². The van der Waals surface area contributed by atoms with Gasteiger partial charge in [-0.2, -0.15) is 5.10 Å². The molecule has 4 rings (SSSR count). The zero-order valence-electron chi connectivity index (χ0n) is 14.5. The Morgan fingerprint density at radius 2 is 1.88 bits per heavy atom. The van der Waals surface area contributed by atoms with E-state index in [1.54, 1.807) is 0 Å². The minimum Gasteiger partial charge on any atom is -0.419 e. The third-order valence-electron chi connectivity index (χ3n) is 4.70. The third kappa shape index (κ3) is 3.64. The van der Waals surface area contributed by atoms with Crippen LogP contribution in [0.25, 0.3) is 11.5 Å². The monoisotopic (exact) mass is 337 g/mol. The second-order valence-electron chi connectivity index (χ2n) is 6.73. The van der Waals surface area contributed by atoms with Crippen molar-refractivity contribution < 1.29 is 4.42 Å². The topological polar surface area (TPSA) is 70.8 Å². The van der Waals surface area contributed by atoms with Crippen LogP contribution in [0.15, 0.2) is 34.7 Å². The quantitative estimate of drug-likeness (QED) is 0.723. The lowest BCUT2D eigenvalue weighted by Crippen LogP contribution is -2.18. The van der Waals surface area contributed by atoms with E-state index in [-0.39, 0.29) is 0 Å². The first-order valence-corrected chi connectivity index (χ1v) is 8.91. The molecule has 0 atom stereocenters. The van der Waals surface area contributed by atoms with Crippen LogP contribution >= 0.6 is 0 Å². The van der Waals surface area contributed by atoms with E-state index in [1.165, 1.54) is 30.5 Å². The molecule has 6 nitrogen and oxygen atoms in total. The zero-order chi connectivity index (χ0) is 17.1. The fourth-order valence-corrected chi connectivity index (χ4v) is 3.41. The van der Waals surface area contributed by atoms with Gasteiger partial charge in [0.1, 0.15) is 0 Å². The maximum absolute atomic E-state index is 5.80. The Kier molecular flexibility index (Phi) is 4.61. The van der Waals surface area contributed by atoms with Gasteiger partial charge in [0.15, 0.2) is 0 Å². The first kappa shape index (κ1) is 16.0. The zero-order valence-corrected chi connectivity index (χ0v) is 14.5. The lowest BCUT2D eigenvalue weighted by molar-refractivity contribution is 0.279. The van der Waals surface area contributed by atoms with Crippen LogP contribution in [-0.2, 0) is 25.9 Å². The van der Waals surface area contributed by atoms with Crippen molar-refractivity contribution in [3.8, 4) is 11.5 Å². The van der Waals surface area contributed by atoms with Gasteiger partial charge in [0.05, 0.1) is 12.2 Å². The largest absolute Gasteiger partial charge is 0.419 e. The number of rotatable bonds is 5. The maximum Gasteiger partial charge on any atom is 0.247 e. The number of fused-ring (bicyclic) bond motifs is 1. The highest BCUT2D eigenvalue weighted by Gasteiger charge is 2.18. The van der Waals surface area contributed by atoms with E-state index >= 15 is 0 Å². The van der Waals surface area contributed by atoms with Gasteiger partial charge in [-0.15, -0.1) is 10.2 Å². The molecule has 0 saturated carbocycles. The van der Waals surface area contributed by atoms with Crippen molar-refractivity contribution in [2.45, 2.75) is 45.2 Å². The van der Waals surface area contributed by atoms with Crippen LogP contribution in [0.1, 0.15) is 42.1 Å². The molecule has 0 unspecified atom stereocenters. The van der Waals surface area contributed by atoms with E-state index < -0.39 is 0 Å². The van der Waals surface area contributed by atoms with Crippen LogP contribution in [-0.4, -0.2) is 32.3 Å². The highest BCUT2D eigenvalue weighted by molar-refractivity contribution is 5.51. The Morgan fingerprint density at radius 3 is 2.76 bits per heavy atom. The van der Waals surface area contributed by atoms with Gasteiger partial charge in [0, 0.05) is 17.8 Å². The number of H-pyrrole nitrogens is 1. The molecule has 1 N–H and O–H groups in total. The number of hydrogen-bond donors (Lipinski definition) is 1. The summed E-state index contributed by atoms with van der Waals surface area (Å²) in [5.41, 5.74) is 4.84. The average molecular weight is 337 g/mol. The Balaban J connectivity index is 1.42. The molecule has 0 spiro atoms. The van der Waals surface area contributed by atoms with Gasteiger partial charge in [0.2, 0.25) is 11.8 Å². The van der Waals surface area contributed by atoms with Gasteiger partial charge in [-0.05, 0) is 50.4 Å². The number of aryl methyl sites for hydroxylation is 1. The Labute approximate surface area is 147 Å². The summed E-state index contributed by atoms with van der Waals surface area (Å²) in [7, 11) is 2.06. The molecule has 2 aromatic heterocycles. The van der Waals surface area contributed by atoms with Gasteiger partial charge in [0.25, 0.3) is 0 Å². The van der Waals surface area contributed by atoms with Crippen LogP contribution in [0.5, 0.6) is 0 Å². The van der Waals surface area contributed by atoms with E-state index in [2.05, 4.69) is 32.3 Å². The summed E-state index contributed by atoms with van der Waals surface area (Å²) in [4.78, 5) is 2.17. The molecule has 130 valence electrons. The molecule has 0 fully saturated rings. The number of aromatic amines is 1. The molecule has 0 saturated heterocycles. The second-order valence-corrected chi connectivity index (χ2v) is 6.73. The summed E-state index contributed by atoms with van der Waals surface area (Å²) in [5, 5.41) is 16.1. The van der Waals surface area contributed by atoms with Crippen molar-refractivity contribution in [1.82, 2.24) is 25.3 Å². The Bertz CT molecular complexity index is 823. The maximum atomic E-state index is 5.80. The summed E-state index contributed by atoms with van der Waals surface area (Å²) in [6, 6.07) is 9.85. The average Bonchev–Trinajstić information content (AvgIpc) is 3.16. The van der Waals surface area contributed by atoms with Crippen molar-refractivity contribution in [2.75, 3.05) is 7.05 Å². The van der Waals surface area contributed by atoms with Crippen molar-refractivity contribution in [3.05, 3.63) is 53.2 Å². The summed E-state index contributed by atoms with van der Waals surface area (Å²) in [5.74, 6) is 1.20. The van der Waals surface area contributed by atoms with Gasteiger partial charge >= 0.3 is 0 Å². The number of benzene rings is 1. The SMILES string of the molecule is CN(Cc1nnc(-c2ccccc2)o1)Cc1n[nH]c2c1CCCCC2. The van der Waals surface area contributed by atoms with E-state index in [9.17, 15) is 0 Å². The van der Waals surface area contributed by atoms with Crippen molar-refractivity contribution in [1.29, 1.82) is 0 Å². The summed E-state index contributed by atoms with van der Waals surface area (Å²) < 4.78 is 5.80. The summed E-state index contributed by atoms with van der Waals surface area (Å²) >= 11 is 0. The Hall–Kier alpha value is -2.47. The smallest absolute Gasteiger partial charge is 0.247 e. The molecule has 1 aliphatic rings. The Morgan fingerprint density at radius 1 is 1.04 bits per heavy atom. The molecule has 0 bridgehead atoms. The van der Waals surface area contributed by atoms with Gasteiger partial charge in [-0.3, -0.25) is 10.00 Å². The molecule has 0 aliphatic heterocycles. The summed E-state index contributed by atoms with van der Waals surface area (Å²) in [6.07, 6.45) is 6.08. The molecule has 1 aliphatic carbocycles. The fraction of sp³-hybridized carbons (Fsp3) is 0.421. The van der Waals surface area contributed by atoms with Crippen LogP contribution in [0.3, 0.4) is 0 Å². The van der Waals surface area contributed by atoms with Crippen molar-refractivity contribution in [3.63, 3.8) is 0 Å². The van der Waals surface area contributed by atoms with E-state index in [0.29, 0.717) is 18.3 Å².